The van der Waals surface area contributed by atoms with Gasteiger partial charge in [0, 0.05) is 12.1 Å². The molecule has 5 rings (SSSR count). The predicted molar refractivity (Wildman–Crippen MR) is 106 cm³/mol. The van der Waals surface area contributed by atoms with E-state index in [-0.39, 0.29) is 29.2 Å². The zero-order valence-electron chi connectivity index (χ0n) is 17.2. The first-order chi connectivity index (χ1) is 14.4. The van der Waals surface area contributed by atoms with Crippen LogP contribution in [0.1, 0.15) is 55.3 Å². The second-order valence-corrected chi connectivity index (χ2v) is 9.02. The molecule has 4 aliphatic rings. The Bertz CT molecular complexity index is 843. The molecule has 0 spiro atoms. The Morgan fingerprint density at radius 2 is 1.83 bits per heavy atom. The Balaban J connectivity index is 1.45. The summed E-state index contributed by atoms with van der Waals surface area (Å²) in [5, 5.41) is 9.10. The van der Waals surface area contributed by atoms with Crippen molar-refractivity contribution >= 4 is 11.9 Å². The number of rotatable bonds is 7. The second kappa shape index (κ2) is 8.25. The summed E-state index contributed by atoms with van der Waals surface area (Å²) in [5.41, 5.74) is -0.180. The van der Waals surface area contributed by atoms with Gasteiger partial charge in [0.2, 0.25) is 0 Å². The summed E-state index contributed by atoms with van der Waals surface area (Å²) in [6.07, 6.45) is 6.94. The molecule has 4 bridgehead atoms. The number of hydrogen-bond acceptors (Lipinski definition) is 5. The maximum absolute atomic E-state index is 13.9. The fourth-order valence-electron chi connectivity index (χ4n) is 6.27. The average molecular weight is 414 g/mol. The molecule has 1 aromatic rings. The number of halogens is 1. The Labute approximate surface area is 175 Å². The van der Waals surface area contributed by atoms with E-state index >= 15 is 0 Å². The summed E-state index contributed by atoms with van der Waals surface area (Å²) >= 11 is 0. The van der Waals surface area contributed by atoms with E-state index in [0.29, 0.717) is 24.3 Å². The summed E-state index contributed by atoms with van der Waals surface area (Å²) in [6.45, 7) is -0.0458. The van der Waals surface area contributed by atoms with Gasteiger partial charge in [-0.05, 0) is 74.5 Å². The number of hydrogen-bond donors (Lipinski definition) is 0. The van der Waals surface area contributed by atoms with Crippen molar-refractivity contribution in [2.75, 3.05) is 20.3 Å². The molecule has 30 heavy (non-hydrogen) atoms. The smallest absolute Gasteiger partial charge is 0.338 e. The van der Waals surface area contributed by atoms with Gasteiger partial charge < -0.3 is 14.4 Å². The van der Waals surface area contributed by atoms with Crippen molar-refractivity contribution in [3.63, 3.8) is 0 Å². The Morgan fingerprint density at radius 1 is 1.20 bits per heavy atom. The highest BCUT2D eigenvalue weighted by atomic mass is 19.1. The standard InChI is InChI=1S/C23H27FN2O4/c1-29-20-4-3-18(10-19(20)24)22(28)30-14-21(27)26(6-2-5-25)23-11-15-7-16(12-23)9-17(8-15)13-23/h3-4,10,15-17H,2,6-9,11-14H2,1H3. The van der Waals surface area contributed by atoms with Crippen molar-refractivity contribution in [2.45, 2.75) is 50.5 Å². The number of amides is 1. The molecule has 0 heterocycles. The molecule has 0 atom stereocenters. The van der Waals surface area contributed by atoms with Crippen LogP contribution in [-0.4, -0.2) is 42.6 Å². The molecule has 1 amide bonds. The third kappa shape index (κ3) is 3.88. The van der Waals surface area contributed by atoms with Gasteiger partial charge in [0.25, 0.3) is 5.91 Å². The first kappa shape index (κ1) is 20.6. The van der Waals surface area contributed by atoms with Gasteiger partial charge in [0.05, 0.1) is 25.2 Å². The number of esters is 1. The second-order valence-electron chi connectivity index (χ2n) is 9.02. The summed E-state index contributed by atoms with van der Waals surface area (Å²) in [5.74, 6) is 0.301. The van der Waals surface area contributed by atoms with Crippen LogP contribution in [0.15, 0.2) is 18.2 Å². The van der Waals surface area contributed by atoms with Crippen LogP contribution < -0.4 is 4.74 Å². The van der Waals surface area contributed by atoms with Gasteiger partial charge >= 0.3 is 5.97 Å². The fourth-order valence-corrected chi connectivity index (χ4v) is 6.27. The van der Waals surface area contributed by atoms with Crippen molar-refractivity contribution in [3.8, 4) is 11.8 Å². The molecule has 0 aliphatic heterocycles. The number of carbonyl (C=O) groups is 2. The lowest BCUT2D eigenvalue weighted by molar-refractivity contribution is -0.153. The summed E-state index contributed by atoms with van der Waals surface area (Å²) in [7, 11) is 1.34. The molecule has 0 saturated heterocycles. The molecule has 0 unspecified atom stereocenters. The van der Waals surface area contributed by atoms with Gasteiger partial charge in [-0.3, -0.25) is 4.79 Å². The molecule has 1 aromatic carbocycles. The zero-order chi connectivity index (χ0) is 21.3. The van der Waals surface area contributed by atoms with E-state index in [0.717, 1.165) is 25.3 Å². The Morgan fingerprint density at radius 3 is 2.37 bits per heavy atom. The predicted octanol–water partition coefficient (Wildman–Crippen LogP) is 3.70. The normalized spacial score (nSPS) is 28.6. The Kier molecular flexibility index (Phi) is 5.68. The molecule has 4 fully saturated rings. The quantitative estimate of drug-likeness (QED) is 0.636. The maximum Gasteiger partial charge on any atom is 0.338 e. The van der Waals surface area contributed by atoms with Crippen LogP contribution in [0.4, 0.5) is 4.39 Å². The number of methoxy groups -OCH3 is 1. The molecule has 0 N–H and O–H groups in total. The highest BCUT2D eigenvalue weighted by Crippen LogP contribution is 2.57. The van der Waals surface area contributed by atoms with Crippen LogP contribution in [-0.2, 0) is 9.53 Å². The number of nitrogens with zero attached hydrogens (tertiary/aromatic N) is 2. The molecule has 160 valence electrons. The number of benzene rings is 1. The topological polar surface area (TPSA) is 79.6 Å². The van der Waals surface area contributed by atoms with E-state index < -0.39 is 18.4 Å². The molecular weight excluding hydrogens is 387 g/mol. The largest absolute Gasteiger partial charge is 0.494 e. The molecule has 7 heteroatoms. The zero-order valence-corrected chi connectivity index (χ0v) is 17.2. The van der Waals surface area contributed by atoms with Gasteiger partial charge in [0.1, 0.15) is 0 Å². The first-order valence-electron chi connectivity index (χ1n) is 10.6. The lowest BCUT2D eigenvalue weighted by atomic mass is 9.52. The SMILES string of the molecule is COc1ccc(C(=O)OCC(=O)N(CCC#N)C23CC4CC(CC(C4)C2)C3)cc1F. The van der Waals surface area contributed by atoms with Gasteiger partial charge in [-0.2, -0.15) is 5.26 Å². The van der Waals surface area contributed by atoms with E-state index in [4.69, 9.17) is 14.7 Å². The van der Waals surface area contributed by atoms with Crippen LogP contribution in [0.3, 0.4) is 0 Å². The minimum Gasteiger partial charge on any atom is -0.494 e. The van der Waals surface area contributed by atoms with Gasteiger partial charge in [-0.25, -0.2) is 9.18 Å². The molecular formula is C23H27FN2O4. The van der Waals surface area contributed by atoms with Gasteiger partial charge in [-0.1, -0.05) is 0 Å². The molecule has 4 saturated carbocycles. The third-order valence-corrected chi connectivity index (χ3v) is 7.04. The van der Waals surface area contributed by atoms with Crippen molar-refractivity contribution in [2.24, 2.45) is 17.8 Å². The van der Waals surface area contributed by atoms with Gasteiger partial charge in [0.15, 0.2) is 18.2 Å². The minimum absolute atomic E-state index is 0.0273. The van der Waals surface area contributed by atoms with Crippen LogP contribution in [0.25, 0.3) is 0 Å². The molecule has 4 aliphatic carbocycles. The number of carbonyl (C=O) groups excluding carboxylic acids is 2. The van der Waals surface area contributed by atoms with Crippen molar-refractivity contribution in [3.05, 3.63) is 29.6 Å². The fraction of sp³-hybridized carbons (Fsp3) is 0.609. The highest BCUT2D eigenvalue weighted by Gasteiger charge is 2.54. The lowest BCUT2D eigenvalue weighted by Gasteiger charge is -2.60. The van der Waals surface area contributed by atoms with E-state index in [1.54, 1.807) is 0 Å². The van der Waals surface area contributed by atoms with E-state index in [1.807, 2.05) is 4.90 Å². The molecule has 0 radical (unpaired) electrons. The van der Waals surface area contributed by atoms with Crippen LogP contribution in [0.5, 0.6) is 5.75 Å². The van der Waals surface area contributed by atoms with Crippen molar-refractivity contribution < 1.29 is 23.5 Å². The first-order valence-corrected chi connectivity index (χ1v) is 10.6. The third-order valence-electron chi connectivity index (χ3n) is 7.04. The van der Waals surface area contributed by atoms with Crippen LogP contribution >= 0.6 is 0 Å². The molecule has 6 nitrogen and oxygen atoms in total. The van der Waals surface area contributed by atoms with E-state index in [9.17, 15) is 14.0 Å². The monoisotopic (exact) mass is 414 g/mol. The number of ether oxygens (including phenoxy) is 2. The van der Waals surface area contributed by atoms with Crippen LogP contribution in [0.2, 0.25) is 0 Å². The molecule has 0 aromatic heterocycles. The average Bonchev–Trinajstić information content (AvgIpc) is 2.71. The van der Waals surface area contributed by atoms with Crippen LogP contribution in [0, 0.1) is 34.9 Å². The lowest BCUT2D eigenvalue weighted by Crippen LogP contribution is -2.62. The minimum atomic E-state index is -0.754. The summed E-state index contributed by atoms with van der Waals surface area (Å²) in [4.78, 5) is 27.3. The maximum atomic E-state index is 13.9. The van der Waals surface area contributed by atoms with E-state index in [1.165, 1.54) is 38.5 Å². The van der Waals surface area contributed by atoms with Crippen molar-refractivity contribution in [1.82, 2.24) is 4.90 Å². The van der Waals surface area contributed by atoms with Crippen molar-refractivity contribution in [1.29, 1.82) is 5.26 Å². The van der Waals surface area contributed by atoms with E-state index in [2.05, 4.69) is 6.07 Å². The van der Waals surface area contributed by atoms with Gasteiger partial charge in [-0.15, -0.1) is 0 Å². The summed E-state index contributed by atoms with van der Waals surface area (Å²) < 4.78 is 23.9. The number of nitriles is 1. The highest BCUT2D eigenvalue weighted by molar-refractivity contribution is 5.91. The Hall–Kier alpha value is -2.62. The summed E-state index contributed by atoms with van der Waals surface area (Å²) in [6, 6.07) is 5.93.